The standard InChI is InChI=1S/C42H58O4/c1-31(20-15-22-33(3)23-17-25-35(5)27-29-39(43)42(9,10)46-12)18-13-14-19-32(2)21-16-24-34(4)26-28-37-36(6)40(44)38(45-11)30-41(37,7)8/h13-29,38-39,43H,30H2,1-12H3/b14-13+,20-15+,21-16+,23-17+,28-26+,29-27-,31-18+,32-19+,33-22+,34-24-,35-25+/t38-,39+/m1/s1. The van der Waals surface area contributed by atoms with Crippen molar-refractivity contribution in [3.05, 3.63) is 142 Å². The highest BCUT2D eigenvalue weighted by atomic mass is 16.5. The molecule has 0 heterocycles. The maximum atomic E-state index is 12.6. The van der Waals surface area contributed by atoms with Gasteiger partial charge in [0.2, 0.25) is 0 Å². The summed E-state index contributed by atoms with van der Waals surface area (Å²) in [6.45, 7) is 20.2. The summed E-state index contributed by atoms with van der Waals surface area (Å²) in [5, 5.41) is 10.2. The number of ketones is 1. The van der Waals surface area contributed by atoms with Crippen molar-refractivity contribution in [1.29, 1.82) is 0 Å². The van der Waals surface area contributed by atoms with Gasteiger partial charge >= 0.3 is 0 Å². The van der Waals surface area contributed by atoms with Crippen LogP contribution in [0.25, 0.3) is 0 Å². The molecule has 0 aliphatic heterocycles. The third kappa shape index (κ3) is 14.7. The van der Waals surface area contributed by atoms with E-state index in [1.165, 1.54) is 0 Å². The van der Waals surface area contributed by atoms with Crippen LogP contribution in [0.15, 0.2) is 142 Å². The number of hydrogen-bond acceptors (Lipinski definition) is 4. The molecule has 0 aromatic rings. The second-order valence-electron chi connectivity index (χ2n) is 13.2. The van der Waals surface area contributed by atoms with E-state index in [-0.39, 0.29) is 17.3 Å². The van der Waals surface area contributed by atoms with Crippen molar-refractivity contribution in [3.8, 4) is 0 Å². The largest absolute Gasteiger partial charge is 0.386 e. The van der Waals surface area contributed by atoms with Crippen LogP contribution in [0.3, 0.4) is 0 Å². The molecule has 0 aromatic carbocycles. The van der Waals surface area contributed by atoms with Crippen molar-refractivity contribution in [1.82, 2.24) is 0 Å². The number of rotatable bonds is 15. The molecule has 0 radical (unpaired) electrons. The Morgan fingerprint density at radius 1 is 0.761 bits per heavy atom. The molecular weight excluding hydrogens is 568 g/mol. The van der Waals surface area contributed by atoms with Gasteiger partial charge in [0.05, 0.1) is 5.60 Å². The van der Waals surface area contributed by atoms with Gasteiger partial charge in [-0.2, -0.15) is 0 Å². The summed E-state index contributed by atoms with van der Waals surface area (Å²) in [4.78, 5) is 12.6. The van der Waals surface area contributed by atoms with Gasteiger partial charge in [0.1, 0.15) is 12.2 Å². The molecule has 1 aliphatic carbocycles. The first kappa shape index (κ1) is 40.5. The summed E-state index contributed by atoms with van der Waals surface area (Å²) in [5.41, 5.74) is 6.74. The number of methoxy groups -OCH3 is 2. The zero-order chi connectivity index (χ0) is 34.9. The zero-order valence-corrected chi connectivity index (χ0v) is 30.3. The Hall–Kier alpha value is -3.57. The van der Waals surface area contributed by atoms with E-state index in [1.54, 1.807) is 20.3 Å². The van der Waals surface area contributed by atoms with E-state index < -0.39 is 11.7 Å². The number of carbonyl (C=O) groups excluding carboxylic acids is 1. The number of aliphatic hydroxyl groups is 1. The Morgan fingerprint density at radius 3 is 1.61 bits per heavy atom. The van der Waals surface area contributed by atoms with Crippen LogP contribution < -0.4 is 0 Å². The van der Waals surface area contributed by atoms with Crippen molar-refractivity contribution < 1.29 is 19.4 Å². The van der Waals surface area contributed by atoms with Gasteiger partial charge < -0.3 is 14.6 Å². The SMILES string of the molecule is CO[C@@H]1CC(C)(C)C(/C=C/C(C)=C\C=C\C(C)=C\C=C\C=C(C)\C=C\C=C(C)\C=C\C=C(C)\C=C/[C@H](O)C(C)(C)OC)=C(C)C1=O. The minimum Gasteiger partial charge on any atom is -0.386 e. The van der Waals surface area contributed by atoms with Gasteiger partial charge in [-0.05, 0) is 78.4 Å². The maximum absolute atomic E-state index is 12.6. The fraction of sp³-hybridized carbons (Fsp3) is 0.405. The molecule has 46 heavy (non-hydrogen) atoms. The summed E-state index contributed by atoms with van der Waals surface area (Å²) < 4.78 is 10.7. The fourth-order valence-corrected chi connectivity index (χ4v) is 4.65. The van der Waals surface area contributed by atoms with Crippen LogP contribution in [0.5, 0.6) is 0 Å². The molecule has 0 saturated carbocycles. The van der Waals surface area contributed by atoms with Crippen molar-refractivity contribution >= 4 is 5.78 Å². The highest BCUT2D eigenvalue weighted by Crippen LogP contribution is 2.40. The van der Waals surface area contributed by atoms with Gasteiger partial charge in [0.25, 0.3) is 0 Å². The molecule has 0 amide bonds. The predicted molar refractivity (Wildman–Crippen MR) is 198 cm³/mol. The Bertz CT molecular complexity index is 1400. The predicted octanol–water partition coefficient (Wildman–Crippen LogP) is 10.2. The van der Waals surface area contributed by atoms with Gasteiger partial charge in [-0.1, -0.05) is 145 Å². The van der Waals surface area contributed by atoms with Gasteiger partial charge in [-0.25, -0.2) is 0 Å². The highest BCUT2D eigenvalue weighted by Gasteiger charge is 2.37. The number of carbonyl (C=O) groups is 1. The molecule has 1 rings (SSSR count). The first-order chi connectivity index (χ1) is 21.5. The normalized spacial score (nSPS) is 20.8. The molecule has 0 bridgehead atoms. The average molecular weight is 627 g/mol. The second kappa shape index (κ2) is 19.8. The minimum atomic E-state index is -0.673. The molecule has 0 unspecified atom stereocenters. The highest BCUT2D eigenvalue weighted by molar-refractivity contribution is 6.00. The molecule has 0 saturated heterocycles. The van der Waals surface area contributed by atoms with Gasteiger partial charge in [-0.3, -0.25) is 4.79 Å². The Morgan fingerprint density at radius 2 is 1.17 bits per heavy atom. The Kier molecular flexibility index (Phi) is 17.4. The lowest BCUT2D eigenvalue weighted by atomic mass is 9.71. The molecule has 4 heteroatoms. The lowest BCUT2D eigenvalue weighted by Crippen LogP contribution is -2.37. The monoisotopic (exact) mass is 626 g/mol. The maximum Gasteiger partial charge on any atom is 0.187 e. The third-order valence-electron chi connectivity index (χ3n) is 8.05. The number of ether oxygens (including phenoxy) is 2. The van der Waals surface area contributed by atoms with E-state index in [1.807, 2.05) is 70.2 Å². The quantitative estimate of drug-likeness (QED) is 0.184. The molecule has 0 spiro atoms. The lowest BCUT2D eigenvalue weighted by molar-refractivity contribution is -0.127. The van der Waals surface area contributed by atoms with Crippen LogP contribution in [-0.4, -0.2) is 42.9 Å². The van der Waals surface area contributed by atoms with Crippen molar-refractivity contribution in [2.45, 2.75) is 93.5 Å². The fourth-order valence-electron chi connectivity index (χ4n) is 4.65. The Labute approximate surface area is 280 Å². The smallest absolute Gasteiger partial charge is 0.187 e. The van der Waals surface area contributed by atoms with Gasteiger partial charge in [-0.15, -0.1) is 0 Å². The van der Waals surface area contributed by atoms with Crippen molar-refractivity contribution in [2.24, 2.45) is 5.41 Å². The third-order valence-corrected chi connectivity index (χ3v) is 8.05. The van der Waals surface area contributed by atoms with Crippen LogP contribution in [0, 0.1) is 5.41 Å². The first-order valence-corrected chi connectivity index (χ1v) is 16.0. The molecule has 2 atom stereocenters. The lowest BCUT2D eigenvalue weighted by Gasteiger charge is -2.36. The summed E-state index contributed by atoms with van der Waals surface area (Å²) >= 11 is 0. The van der Waals surface area contributed by atoms with Crippen molar-refractivity contribution in [3.63, 3.8) is 0 Å². The van der Waals surface area contributed by atoms with Crippen molar-refractivity contribution in [2.75, 3.05) is 14.2 Å². The summed E-state index contributed by atoms with van der Waals surface area (Å²) in [7, 11) is 3.21. The molecule has 1 N–H and O–H groups in total. The minimum absolute atomic E-state index is 0.0863. The van der Waals surface area contributed by atoms with Crippen LogP contribution in [0.4, 0.5) is 0 Å². The van der Waals surface area contributed by atoms with E-state index in [2.05, 4.69) is 96.2 Å². The van der Waals surface area contributed by atoms with Crippen LogP contribution in [0.1, 0.15) is 75.7 Å². The summed E-state index contributed by atoms with van der Waals surface area (Å²) in [6, 6.07) is 0. The Balaban J connectivity index is 2.69. The van der Waals surface area contributed by atoms with E-state index in [0.29, 0.717) is 6.42 Å². The van der Waals surface area contributed by atoms with Crippen LogP contribution >= 0.6 is 0 Å². The van der Waals surface area contributed by atoms with E-state index >= 15 is 0 Å². The number of hydrogen-bond donors (Lipinski definition) is 1. The molecule has 0 fully saturated rings. The molecule has 0 aromatic heterocycles. The number of allylic oxidation sites excluding steroid dienone is 22. The van der Waals surface area contributed by atoms with Gasteiger partial charge in [0.15, 0.2) is 5.78 Å². The summed E-state index contributed by atoms with van der Waals surface area (Å²) in [6.07, 6.45) is 34.2. The van der Waals surface area contributed by atoms with E-state index in [4.69, 9.17) is 9.47 Å². The second-order valence-corrected chi connectivity index (χ2v) is 13.2. The topological polar surface area (TPSA) is 55.8 Å². The molecule has 4 nitrogen and oxygen atoms in total. The zero-order valence-electron chi connectivity index (χ0n) is 30.3. The molecular formula is C42H58O4. The first-order valence-electron chi connectivity index (χ1n) is 16.0. The van der Waals surface area contributed by atoms with Gasteiger partial charge in [0, 0.05) is 14.2 Å². The number of aliphatic hydroxyl groups excluding tert-OH is 1. The molecule has 250 valence electrons. The van der Waals surface area contributed by atoms with E-state index in [9.17, 15) is 9.90 Å². The number of Topliss-reactive ketones (excluding diaryl/α,β-unsaturated/α-hetero) is 1. The molecule has 1 aliphatic rings. The average Bonchev–Trinajstić information content (AvgIpc) is 2.99. The van der Waals surface area contributed by atoms with E-state index in [0.717, 1.165) is 39.0 Å². The summed E-state index contributed by atoms with van der Waals surface area (Å²) in [5.74, 6) is 0.0863. The van der Waals surface area contributed by atoms with Crippen LogP contribution in [-0.2, 0) is 14.3 Å². The van der Waals surface area contributed by atoms with Crippen LogP contribution in [0.2, 0.25) is 0 Å².